The molecule has 2 N–H and O–H groups in total. The van der Waals surface area contributed by atoms with Gasteiger partial charge in [-0.25, -0.2) is 0 Å². The highest BCUT2D eigenvalue weighted by Gasteiger charge is 2.26. The summed E-state index contributed by atoms with van der Waals surface area (Å²) in [7, 11) is 0. The van der Waals surface area contributed by atoms with Gasteiger partial charge in [-0.15, -0.1) is 0 Å². The zero-order valence-electron chi connectivity index (χ0n) is 14.6. The largest absolute Gasteiger partial charge is 0.481 e. The molecule has 0 aromatic heterocycles. The second-order valence-electron chi connectivity index (χ2n) is 7.23. The summed E-state index contributed by atoms with van der Waals surface area (Å²) in [5.74, 6) is 0.557. The van der Waals surface area contributed by atoms with Crippen molar-refractivity contribution in [2.45, 2.75) is 63.9 Å². The van der Waals surface area contributed by atoms with Gasteiger partial charge in [0.15, 0.2) is 0 Å². The molecule has 0 amide bonds. The van der Waals surface area contributed by atoms with Crippen molar-refractivity contribution in [3.63, 3.8) is 0 Å². The number of hydrogen-bond acceptors (Lipinski definition) is 3. The molecule has 2 rings (SSSR count). The highest BCUT2D eigenvalue weighted by molar-refractivity contribution is 5.66. The molecule has 0 aromatic carbocycles. The Labute approximate surface area is 145 Å². The van der Waals surface area contributed by atoms with Gasteiger partial charge in [0.1, 0.15) is 0 Å². The molecular formula is C20H32O4. The summed E-state index contributed by atoms with van der Waals surface area (Å²) in [4.78, 5) is 10.5. The van der Waals surface area contributed by atoms with Crippen LogP contribution in [0.4, 0.5) is 0 Å². The minimum absolute atomic E-state index is 0.237. The van der Waals surface area contributed by atoms with Gasteiger partial charge in [-0.05, 0) is 43.9 Å². The topological polar surface area (TPSA) is 66.8 Å². The summed E-state index contributed by atoms with van der Waals surface area (Å²) >= 11 is 0. The molecule has 1 unspecified atom stereocenters. The van der Waals surface area contributed by atoms with Gasteiger partial charge in [-0.2, -0.15) is 0 Å². The fourth-order valence-corrected chi connectivity index (χ4v) is 3.72. The molecule has 1 saturated carbocycles. The third-order valence-electron chi connectivity index (χ3n) is 5.30. The molecule has 2 fully saturated rings. The number of aliphatic hydroxyl groups excluding tert-OH is 1. The van der Waals surface area contributed by atoms with E-state index in [-0.39, 0.29) is 12.5 Å². The van der Waals surface area contributed by atoms with E-state index in [1.54, 1.807) is 0 Å². The Bertz CT molecular complexity index is 423. The third kappa shape index (κ3) is 6.78. The van der Waals surface area contributed by atoms with Crippen molar-refractivity contribution >= 4 is 5.97 Å². The first-order chi connectivity index (χ1) is 11.7. The zero-order valence-corrected chi connectivity index (χ0v) is 14.6. The number of hydrogen-bond donors (Lipinski definition) is 2. The maximum Gasteiger partial charge on any atom is 0.303 e. The minimum Gasteiger partial charge on any atom is -0.481 e. The van der Waals surface area contributed by atoms with Crippen molar-refractivity contribution < 1.29 is 19.7 Å². The second kappa shape index (κ2) is 10.7. The van der Waals surface area contributed by atoms with E-state index in [1.165, 1.54) is 19.3 Å². The quantitative estimate of drug-likeness (QED) is 0.494. The summed E-state index contributed by atoms with van der Waals surface area (Å²) < 4.78 is 5.61. The smallest absolute Gasteiger partial charge is 0.303 e. The number of unbranched alkanes of at least 4 members (excludes halogenated alkanes) is 1. The fourth-order valence-electron chi connectivity index (χ4n) is 3.72. The number of carboxylic acid groups (broad SMARTS) is 1. The lowest BCUT2D eigenvalue weighted by Gasteiger charge is -2.25. The van der Waals surface area contributed by atoms with Crippen molar-refractivity contribution in [2.24, 2.45) is 17.8 Å². The summed E-state index contributed by atoms with van der Waals surface area (Å²) in [5, 5.41) is 19.0. The molecular weight excluding hydrogens is 304 g/mol. The average molecular weight is 336 g/mol. The van der Waals surface area contributed by atoms with E-state index in [0.29, 0.717) is 24.2 Å². The van der Waals surface area contributed by atoms with Gasteiger partial charge in [0.25, 0.3) is 0 Å². The first-order valence-corrected chi connectivity index (χ1v) is 9.47. The lowest BCUT2D eigenvalue weighted by atomic mass is 9.84. The van der Waals surface area contributed by atoms with Crippen LogP contribution in [0, 0.1) is 17.8 Å². The monoisotopic (exact) mass is 336 g/mol. The van der Waals surface area contributed by atoms with E-state index < -0.39 is 5.97 Å². The van der Waals surface area contributed by atoms with Crippen LogP contribution in [-0.4, -0.2) is 35.5 Å². The van der Waals surface area contributed by atoms with Gasteiger partial charge in [0.2, 0.25) is 0 Å². The maximum atomic E-state index is 10.5. The molecule has 2 aliphatic rings. The molecule has 136 valence electrons. The predicted octanol–water partition coefficient (Wildman–Crippen LogP) is 3.95. The Kier molecular flexibility index (Phi) is 8.54. The molecule has 0 bridgehead atoms. The van der Waals surface area contributed by atoms with Crippen molar-refractivity contribution in [3.05, 3.63) is 24.3 Å². The normalized spacial score (nSPS) is 27.2. The van der Waals surface area contributed by atoms with Crippen LogP contribution in [-0.2, 0) is 9.53 Å². The number of carbonyl (C=O) groups is 1. The number of carboxylic acids is 1. The van der Waals surface area contributed by atoms with Gasteiger partial charge in [0.05, 0.1) is 19.3 Å². The molecule has 0 aromatic rings. The Balaban J connectivity index is 1.70. The van der Waals surface area contributed by atoms with Crippen LogP contribution in [0.3, 0.4) is 0 Å². The highest BCUT2D eigenvalue weighted by Crippen LogP contribution is 2.29. The van der Waals surface area contributed by atoms with E-state index in [9.17, 15) is 9.90 Å². The van der Waals surface area contributed by atoms with E-state index >= 15 is 0 Å². The number of aliphatic carboxylic acids is 1. The minimum atomic E-state index is -0.727. The van der Waals surface area contributed by atoms with Crippen LogP contribution >= 0.6 is 0 Å². The third-order valence-corrected chi connectivity index (χ3v) is 5.30. The molecule has 3 atom stereocenters. The predicted molar refractivity (Wildman–Crippen MR) is 94.8 cm³/mol. The summed E-state index contributed by atoms with van der Waals surface area (Å²) in [6, 6.07) is 0. The maximum absolute atomic E-state index is 10.5. The molecule has 1 aliphatic carbocycles. The average Bonchev–Trinajstić information content (AvgIpc) is 3.03. The van der Waals surface area contributed by atoms with Crippen LogP contribution in [0.1, 0.15) is 57.8 Å². The van der Waals surface area contributed by atoms with Crippen molar-refractivity contribution in [1.29, 1.82) is 0 Å². The summed E-state index contributed by atoms with van der Waals surface area (Å²) in [6.07, 6.45) is 16.9. The van der Waals surface area contributed by atoms with Crippen molar-refractivity contribution in [3.8, 4) is 0 Å². The molecule has 1 heterocycles. The number of aliphatic hydroxyl groups is 1. The van der Waals surface area contributed by atoms with Crippen molar-refractivity contribution in [2.75, 3.05) is 13.2 Å². The first kappa shape index (κ1) is 19.2. The highest BCUT2D eigenvalue weighted by atomic mass is 16.5. The van der Waals surface area contributed by atoms with E-state index in [0.717, 1.165) is 38.9 Å². The lowest BCUT2D eigenvalue weighted by Crippen LogP contribution is -2.21. The molecule has 4 heteroatoms. The first-order valence-electron chi connectivity index (χ1n) is 9.47. The fraction of sp³-hybridized carbons (Fsp3) is 0.750. The molecule has 0 spiro atoms. The zero-order chi connectivity index (χ0) is 17.2. The number of allylic oxidation sites excluding steroid dienone is 2. The Morgan fingerprint density at radius 2 is 1.96 bits per heavy atom. The van der Waals surface area contributed by atoms with Gasteiger partial charge in [0, 0.05) is 12.3 Å². The standard InChI is InChI=1S/C20H32O4/c21-19(16-8-5-3-6-9-16)13-12-18-15-24-14-17(18)10-4-1-2-7-11-20(22)23/h1,4,12-13,16-19,21H,2-3,5-11,14-15H2,(H,22,23)/b4-1-,13-12+/t17-,18-,19?/m0/s1. The van der Waals surface area contributed by atoms with E-state index in [1.807, 2.05) is 6.08 Å². The van der Waals surface area contributed by atoms with Crippen LogP contribution in [0.5, 0.6) is 0 Å². The SMILES string of the molecule is O=C(O)CCC/C=C\C[C@H]1COC[C@@H]1/C=C/C(O)C1CCCCC1. The van der Waals surface area contributed by atoms with Gasteiger partial charge in [-0.1, -0.05) is 43.6 Å². The second-order valence-corrected chi connectivity index (χ2v) is 7.23. The van der Waals surface area contributed by atoms with Crippen LogP contribution in [0.15, 0.2) is 24.3 Å². The van der Waals surface area contributed by atoms with Crippen LogP contribution < -0.4 is 0 Å². The summed E-state index contributed by atoms with van der Waals surface area (Å²) in [5.41, 5.74) is 0. The van der Waals surface area contributed by atoms with Gasteiger partial charge >= 0.3 is 5.97 Å². The molecule has 4 nitrogen and oxygen atoms in total. The van der Waals surface area contributed by atoms with Crippen molar-refractivity contribution in [1.82, 2.24) is 0 Å². The molecule has 1 aliphatic heterocycles. The van der Waals surface area contributed by atoms with Crippen LogP contribution in [0.25, 0.3) is 0 Å². The Morgan fingerprint density at radius 3 is 2.71 bits per heavy atom. The lowest BCUT2D eigenvalue weighted by molar-refractivity contribution is -0.137. The van der Waals surface area contributed by atoms with Crippen LogP contribution in [0.2, 0.25) is 0 Å². The summed E-state index contributed by atoms with van der Waals surface area (Å²) in [6.45, 7) is 1.51. The van der Waals surface area contributed by atoms with E-state index in [2.05, 4.69) is 18.2 Å². The van der Waals surface area contributed by atoms with Gasteiger partial charge in [-0.3, -0.25) is 4.79 Å². The Morgan fingerprint density at radius 1 is 1.17 bits per heavy atom. The number of rotatable bonds is 9. The Hall–Kier alpha value is -1.13. The molecule has 24 heavy (non-hydrogen) atoms. The van der Waals surface area contributed by atoms with Gasteiger partial charge < -0.3 is 14.9 Å². The number of ether oxygens (including phenoxy) is 1. The molecule has 1 saturated heterocycles. The molecule has 0 radical (unpaired) electrons. The van der Waals surface area contributed by atoms with E-state index in [4.69, 9.17) is 9.84 Å².